The van der Waals surface area contributed by atoms with Gasteiger partial charge in [0.05, 0.1) is 39.8 Å². The Morgan fingerprint density at radius 3 is 2.52 bits per heavy atom. The van der Waals surface area contributed by atoms with Crippen molar-refractivity contribution in [2.24, 2.45) is 0 Å². The fourth-order valence-corrected chi connectivity index (χ4v) is 5.50. The number of hydrogen-bond donors (Lipinski definition) is 1. The van der Waals surface area contributed by atoms with Gasteiger partial charge in [0.1, 0.15) is 17.5 Å². The molecule has 1 aliphatic rings. The van der Waals surface area contributed by atoms with Gasteiger partial charge >= 0.3 is 6.09 Å². The lowest BCUT2D eigenvalue weighted by molar-refractivity contribution is 0.135. The summed E-state index contributed by atoms with van der Waals surface area (Å²) in [5.74, 6) is 2.29. The van der Waals surface area contributed by atoms with E-state index < -0.39 is 12.1 Å². The number of aryl methyl sites for hydroxylation is 1. The molecule has 2 aromatic heterocycles. The minimum absolute atomic E-state index is 0.431. The Labute approximate surface area is 247 Å². The number of rotatable bonds is 9. The van der Waals surface area contributed by atoms with Gasteiger partial charge < -0.3 is 23.9 Å². The average molecular weight is 588 g/mol. The lowest BCUT2D eigenvalue weighted by atomic mass is 9.92. The molecule has 0 spiro atoms. The molecule has 6 rings (SSSR count). The van der Waals surface area contributed by atoms with Crippen molar-refractivity contribution >= 4 is 28.6 Å². The number of aromatic nitrogens is 4. The first-order valence-electron chi connectivity index (χ1n) is 13.6. The fraction of sp³-hybridized carbons (Fsp3) is 0.258. The highest BCUT2D eigenvalue weighted by molar-refractivity contribution is 6.31. The van der Waals surface area contributed by atoms with Crippen molar-refractivity contribution < 1.29 is 23.7 Å². The van der Waals surface area contributed by atoms with E-state index >= 15 is 0 Å². The van der Waals surface area contributed by atoms with Crippen molar-refractivity contribution in [2.45, 2.75) is 25.4 Å². The van der Waals surface area contributed by atoms with E-state index in [4.69, 9.17) is 30.5 Å². The maximum absolute atomic E-state index is 13.6. The molecule has 216 valence electrons. The second-order valence-electron chi connectivity index (χ2n) is 9.83. The van der Waals surface area contributed by atoms with Crippen LogP contribution in [0.1, 0.15) is 29.3 Å². The Bertz CT molecular complexity index is 1690. The molecule has 0 bridgehead atoms. The summed E-state index contributed by atoms with van der Waals surface area (Å²) >= 11 is 6.35. The Morgan fingerprint density at radius 1 is 0.976 bits per heavy atom. The third-order valence-electron chi connectivity index (χ3n) is 7.32. The van der Waals surface area contributed by atoms with E-state index in [9.17, 15) is 4.79 Å². The quantitative estimate of drug-likeness (QED) is 0.209. The number of benzene rings is 3. The molecule has 5 aromatic rings. The molecule has 11 heteroatoms. The lowest BCUT2D eigenvalue weighted by Crippen LogP contribution is -2.42. The van der Waals surface area contributed by atoms with Gasteiger partial charge in [0.25, 0.3) is 0 Å². The largest absolute Gasteiger partial charge is 0.497 e. The number of carbonyl (C=O) groups is 1. The molecule has 1 N–H and O–H groups in total. The number of carbonyl (C=O) groups excluding carboxylic acids is 1. The molecule has 0 fully saturated rings. The molecule has 1 unspecified atom stereocenters. The van der Waals surface area contributed by atoms with Crippen molar-refractivity contribution in [3.63, 3.8) is 0 Å². The summed E-state index contributed by atoms with van der Waals surface area (Å²) in [6, 6.07) is 18.0. The molecule has 1 aliphatic heterocycles. The van der Waals surface area contributed by atoms with Gasteiger partial charge in [-0.15, -0.1) is 0 Å². The summed E-state index contributed by atoms with van der Waals surface area (Å²) in [6.07, 6.45) is 4.22. The molecule has 1 atom stereocenters. The zero-order valence-electron chi connectivity index (χ0n) is 23.2. The van der Waals surface area contributed by atoms with E-state index in [1.165, 1.54) is 0 Å². The highest BCUT2D eigenvalue weighted by atomic mass is 35.5. The summed E-state index contributed by atoms with van der Waals surface area (Å²) in [4.78, 5) is 20.6. The Hall–Kier alpha value is -4.70. The fourth-order valence-electron chi connectivity index (χ4n) is 5.33. The van der Waals surface area contributed by atoms with Gasteiger partial charge in [0.15, 0.2) is 11.5 Å². The molecule has 42 heavy (non-hydrogen) atoms. The highest BCUT2D eigenvalue weighted by Gasteiger charge is 2.36. The Kier molecular flexibility index (Phi) is 7.87. The van der Waals surface area contributed by atoms with Crippen molar-refractivity contribution in [1.82, 2.24) is 24.9 Å². The van der Waals surface area contributed by atoms with Crippen LogP contribution < -0.4 is 18.9 Å². The zero-order valence-corrected chi connectivity index (χ0v) is 24.0. The summed E-state index contributed by atoms with van der Waals surface area (Å²) in [5, 5.41) is 9.94. The first kappa shape index (κ1) is 27.5. The maximum Gasteiger partial charge on any atom is 0.416 e. The minimum Gasteiger partial charge on any atom is -0.497 e. The number of nitrogens with one attached hydrogen (secondary N) is 1. The number of H-pyrrole nitrogens is 1. The molecule has 0 saturated heterocycles. The van der Waals surface area contributed by atoms with Crippen LogP contribution in [0.25, 0.3) is 10.9 Å². The van der Waals surface area contributed by atoms with Gasteiger partial charge in [-0.2, -0.15) is 15.0 Å². The monoisotopic (exact) mass is 587 g/mol. The average Bonchev–Trinajstić information content (AvgIpc) is 3.67. The van der Waals surface area contributed by atoms with Crippen LogP contribution in [0.4, 0.5) is 4.79 Å². The lowest BCUT2D eigenvalue weighted by Gasteiger charge is -2.35. The highest BCUT2D eigenvalue weighted by Crippen LogP contribution is 2.42. The van der Waals surface area contributed by atoms with Crippen LogP contribution in [0.5, 0.6) is 23.0 Å². The van der Waals surface area contributed by atoms with Crippen molar-refractivity contribution in [1.29, 1.82) is 0 Å². The van der Waals surface area contributed by atoms with Crippen LogP contribution in [0, 0.1) is 0 Å². The minimum atomic E-state index is -0.459. The van der Waals surface area contributed by atoms with E-state index in [-0.39, 0.29) is 0 Å². The smallest absolute Gasteiger partial charge is 0.416 e. The van der Waals surface area contributed by atoms with E-state index in [1.54, 1.807) is 60.6 Å². The summed E-state index contributed by atoms with van der Waals surface area (Å²) in [5.41, 5.74) is 3.84. The van der Waals surface area contributed by atoms with Gasteiger partial charge in [-0.25, -0.2) is 4.79 Å². The van der Waals surface area contributed by atoms with Crippen LogP contribution >= 0.6 is 11.6 Å². The van der Waals surface area contributed by atoms with Gasteiger partial charge in [-0.3, -0.25) is 4.90 Å². The van der Waals surface area contributed by atoms with Crippen molar-refractivity contribution in [3.05, 3.63) is 94.9 Å². The number of hydrogen-bond acceptors (Lipinski definition) is 7. The summed E-state index contributed by atoms with van der Waals surface area (Å²) in [6.45, 7) is 1.57. The molecular formula is C31H30ClN5O5. The molecule has 1 amide bonds. The van der Waals surface area contributed by atoms with Gasteiger partial charge in [0, 0.05) is 34.6 Å². The van der Waals surface area contributed by atoms with Gasteiger partial charge in [-0.05, 0) is 72.1 Å². The predicted molar refractivity (Wildman–Crippen MR) is 158 cm³/mol. The number of fused-ring (bicyclic) bond motifs is 3. The molecule has 10 nitrogen and oxygen atoms in total. The summed E-state index contributed by atoms with van der Waals surface area (Å²) < 4.78 is 22.8. The molecule has 0 aliphatic carbocycles. The van der Waals surface area contributed by atoms with Gasteiger partial charge in [-0.1, -0.05) is 17.7 Å². The van der Waals surface area contributed by atoms with E-state index in [1.807, 2.05) is 36.4 Å². The normalized spacial score (nSPS) is 14.5. The number of aromatic amines is 1. The number of methoxy groups -OCH3 is 2. The molecule has 3 aromatic carbocycles. The van der Waals surface area contributed by atoms with Crippen LogP contribution in [-0.2, 0) is 13.0 Å². The second-order valence-corrected chi connectivity index (χ2v) is 10.3. The maximum atomic E-state index is 13.6. The summed E-state index contributed by atoms with van der Waals surface area (Å²) in [7, 11) is 3.19. The predicted octanol–water partition coefficient (Wildman–Crippen LogP) is 6.05. The first-order chi connectivity index (χ1) is 20.5. The van der Waals surface area contributed by atoms with Crippen molar-refractivity contribution in [2.75, 3.05) is 27.4 Å². The van der Waals surface area contributed by atoms with Crippen molar-refractivity contribution in [3.8, 4) is 23.0 Å². The van der Waals surface area contributed by atoms with E-state index in [2.05, 4.69) is 15.2 Å². The van der Waals surface area contributed by atoms with Gasteiger partial charge in [0.2, 0.25) is 0 Å². The number of ether oxygens (including phenoxy) is 4. The van der Waals surface area contributed by atoms with E-state index in [0.717, 1.165) is 34.1 Å². The van der Waals surface area contributed by atoms with Crippen LogP contribution in [0.3, 0.4) is 0 Å². The van der Waals surface area contributed by atoms with Crippen LogP contribution in [0.15, 0.2) is 73.1 Å². The third-order valence-corrected chi connectivity index (χ3v) is 7.55. The second kappa shape index (κ2) is 12.0. The van der Waals surface area contributed by atoms with Crippen LogP contribution in [-0.4, -0.2) is 58.3 Å². The Morgan fingerprint density at radius 2 is 1.76 bits per heavy atom. The molecular weight excluding hydrogens is 558 g/mol. The van der Waals surface area contributed by atoms with Crippen LogP contribution in [0.2, 0.25) is 5.02 Å². The molecule has 3 heterocycles. The molecule has 0 saturated carbocycles. The number of amides is 1. The standard InChI is InChI=1S/C31H30ClN5O5/c1-39-22-6-8-23(9-7-22)42-31(38)36-16-12-24-25-19-21(32)5-10-26(25)35-29(24)30(36)20-4-11-27(28(18-20)40-2)41-17-3-15-37-33-13-14-34-37/h4-11,13-14,18-19,30,35H,3,12,15-17H2,1-2H3. The topological polar surface area (TPSA) is 104 Å². The number of halogens is 1. The first-order valence-corrected chi connectivity index (χ1v) is 14.0. The molecule has 0 radical (unpaired) electrons. The zero-order chi connectivity index (χ0) is 29.1. The van der Waals surface area contributed by atoms with E-state index in [0.29, 0.717) is 54.1 Å². The third kappa shape index (κ3) is 5.58. The SMILES string of the molecule is COc1ccc(OC(=O)N2CCc3c([nH]c4ccc(Cl)cc34)C2c2ccc(OCCCn3nccn3)c(OC)c2)cc1. The Balaban J connectivity index is 1.31. The number of nitrogens with zero attached hydrogens (tertiary/aromatic N) is 4.